The van der Waals surface area contributed by atoms with Crippen molar-refractivity contribution in [3.63, 3.8) is 0 Å². The highest BCUT2D eigenvalue weighted by atomic mass is 32.2. The van der Waals surface area contributed by atoms with Gasteiger partial charge in [-0.05, 0) is 41.8 Å². The van der Waals surface area contributed by atoms with Crippen LogP contribution in [0.5, 0.6) is 5.75 Å². The van der Waals surface area contributed by atoms with Gasteiger partial charge in [0, 0.05) is 29.1 Å². The molecule has 0 aliphatic rings. The maximum absolute atomic E-state index is 12.3. The average Bonchev–Trinajstić information content (AvgIpc) is 3.23. The molecule has 146 valence electrons. The molecule has 6 nitrogen and oxygen atoms in total. The summed E-state index contributed by atoms with van der Waals surface area (Å²) in [7, 11) is -2.17. The topological polar surface area (TPSA) is 84.5 Å². The maximum Gasteiger partial charge on any atom is 0.240 e. The Morgan fingerprint density at radius 2 is 1.79 bits per heavy atom. The molecule has 1 aromatic heterocycles. The monoisotopic (exact) mass is 416 g/mol. The van der Waals surface area contributed by atoms with Gasteiger partial charge in [0.15, 0.2) is 0 Å². The Kier molecular flexibility index (Phi) is 6.45. The van der Waals surface area contributed by atoms with Crippen LogP contribution in [0.1, 0.15) is 6.42 Å². The van der Waals surface area contributed by atoms with E-state index in [-0.39, 0.29) is 23.8 Å². The molecule has 2 aromatic carbocycles. The van der Waals surface area contributed by atoms with Crippen molar-refractivity contribution in [1.82, 2.24) is 4.72 Å². The first-order valence-corrected chi connectivity index (χ1v) is 10.9. The zero-order chi connectivity index (χ0) is 20.0. The number of hydrogen-bond donors (Lipinski definition) is 2. The predicted octanol–water partition coefficient (Wildman–Crippen LogP) is 3.73. The van der Waals surface area contributed by atoms with Gasteiger partial charge < -0.3 is 10.1 Å². The van der Waals surface area contributed by atoms with Crippen molar-refractivity contribution in [3.8, 4) is 16.2 Å². The van der Waals surface area contributed by atoms with Crippen LogP contribution >= 0.6 is 11.3 Å². The molecule has 0 saturated heterocycles. The number of ether oxygens (including phenoxy) is 1. The summed E-state index contributed by atoms with van der Waals surface area (Å²) in [4.78, 5) is 13.5. The molecule has 1 amide bonds. The smallest absolute Gasteiger partial charge is 0.240 e. The second-order valence-corrected chi connectivity index (χ2v) is 8.61. The summed E-state index contributed by atoms with van der Waals surface area (Å²) in [5.74, 6) is 0.309. The minimum absolute atomic E-state index is 0.00135. The van der Waals surface area contributed by atoms with Gasteiger partial charge in [0.05, 0.1) is 12.0 Å². The highest BCUT2D eigenvalue weighted by Crippen LogP contribution is 2.31. The quantitative estimate of drug-likeness (QED) is 0.586. The van der Waals surface area contributed by atoms with Crippen LogP contribution in [0.3, 0.4) is 0 Å². The van der Waals surface area contributed by atoms with Crippen molar-refractivity contribution in [2.75, 3.05) is 19.0 Å². The normalized spacial score (nSPS) is 11.2. The molecule has 0 radical (unpaired) electrons. The second kappa shape index (κ2) is 9.01. The van der Waals surface area contributed by atoms with E-state index in [1.807, 2.05) is 41.8 Å². The molecule has 0 saturated carbocycles. The number of rotatable bonds is 8. The largest absolute Gasteiger partial charge is 0.497 e. The Bertz CT molecular complexity index is 1030. The first-order chi connectivity index (χ1) is 13.5. The Morgan fingerprint density at radius 3 is 2.46 bits per heavy atom. The first kappa shape index (κ1) is 20.1. The summed E-state index contributed by atoms with van der Waals surface area (Å²) in [6.07, 6.45) is 0.0220. The zero-order valence-corrected chi connectivity index (χ0v) is 16.8. The lowest BCUT2D eigenvalue weighted by molar-refractivity contribution is -0.116. The zero-order valence-electron chi connectivity index (χ0n) is 15.2. The van der Waals surface area contributed by atoms with Gasteiger partial charge in [-0.25, -0.2) is 13.1 Å². The van der Waals surface area contributed by atoms with E-state index in [1.165, 1.54) is 19.2 Å². The summed E-state index contributed by atoms with van der Waals surface area (Å²) < 4.78 is 32.1. The van der Waals surface area contributed by atoms with Crippen LogP contribution in [0.4, 0.5) is 5.69 Å². The van der Waals surface area contributed by atoms with Crippen LogP contribution in [0.25, 0.3) is 10.4 Å². The molecule has 0 aliphatic heterocycles. The number of sulfonamides is 1. The Morgan fingerprint density at radius 1 is 1.04 bits per heavy atom. The molecule has 3 aromatic rings. The van der Waals surface area contributed by atoms with Crippen LogP contribution in [0.15, 0.2) is 70.9 Å². The molecular formula is C20H20N2O4S2. The molecule has 0 aliphatic carbocycles. The van der Waals surface area contributed by atoms with E-state index in [9.17, 15) is 13.2 Å². The van der Waals surface area contributed by atoms with E-state index < -0.39 is 10.0 Å². The van der Waals surface area contributed by atoms with Crippen molar-refractivity contribution in [2.45, 2.75) is 11.3 Å². The van der Waals surface area contributed by atoms with E-state index in [4.69, 9.17) is 4.74 Å². The van der Waals surface area contributed by atoms with Crippen molar-refractivity contribution >= 4 is 33.0 Å². The van der Waals surface area contributed by atoms with Gasteiger partial charge in [-0.2, -0.15) is 0 Å². The average molecular weight is 417 g/mol. The molecule has 0 fully saturated rings. The van der Waals surface area contributed by atoms with E-state index in [0.717, 1.165) is 10.4 Å². The molecule has 0 atom stereocenters. The van der Waals surface area contributed by atoms with Gasteiger partial charge >= 0.3 is 0 Å². The predicted molar refractivity (Wildman–Crippen MR) is 111 cm³/mol. The van der Waals surface area contributed by atoms with Gasteiger partial charge in [0.1, 0.15) is 5.75 Å². The minimum Gasteiger partial charge on any atom is -0.497 e. The highest BCUT2D eigenvalue weighted by Gasteiger charge is 2.15. The number of carbonyl (C=O) groups excluding carboxylic acids is 1. The molecule has 0 unspecified atom stereocenters. The number of methoxy groups -OCH3 is 1. The molecule has 0 spiro atoms. The molecule has 0 bridgehead atoms. The summed E-state index contributed by atoms with van der Waals surface area (Å²) in [6, 6.07) is 17.5. The van der Waals surface area contributed by atoms with Gasteiger partial charge in [-0.15, -0.1) is 11.3 Å². The molecule has 28 heavy (non-hydrogen) atoms. The fraction of sp³-hybridized carbons (Fsp3) is 0.150. The Hall–Kier alpha value is -2.68. The third-order valence-electron chi connectivity index (χ3n) is 4.00. The number of amides is 1. The molecule has 3 rings (SSSR count). The third-order valence-corrected chi connectivity index (χ3v) is 6.38. The Labute approximate surface area is 168 Å². The second-order valence-electron chi connectivity index (χ2n) is 5.89. The summed E-state index contributed by atoms with van der Waals surface area (Å²) in [5.41, 5.74) is 1.64. The van der Waals surface area contributed by atoms with Crippen LogP contribution in [-0.2, 0) is 14.8 Å². The number of nitrogens with one attached hydrogen (secondary N) is 2. The number of anilines is 1. The van der Waals surface area contributed by atoms with Crippen molar-refractivity contribution < 1.29 is 17.9 Å². The van der Waals surface area contributed by atoms with Crippen molar-refractivity contribution in [2.24, 2.45) is 0 Å². The summed E-state index contributed by atoms with van der Waals surface area (Å²) >= 11 is 1.59. The van der Waals surface area contributed by atoms with E-state index in [2.05, 4.69) is 10.0 Å². The van der Waals surface area contributed by atoms with Gasteiger partial charge in [0.25, 0.3) is 0 Å². The number of benzene rings is 2. The molecule has 2 N–H and O–H groups in total. The van der Waals surface area contributed by atoms with Crippen molar-refractivity contribution in [1.29, 1.82) is 0 Å². The van der Waals surface area contributed by atoms with Crippen LogP contribution in [0.2, 0.25) is 0 Å². The molecular weight excluding hydrogens is 396 g/mol. The van der Waals surface area contributed by atoms with Crippen molar-refractivity contribution in [3.05, 3.63) is 66.0 Å². The minimum atomic E-state index is -3.68. The SMILES string of the molecule is COc1ccc(S(=O)(=O)NCCC(=O)Nc2ccccc2-c2cccs2)cc1. The van der Waals surface area contributed by atoms with Gasteiger partial charge in [0.2, 0.25) is 15.9 Å². The van der Waals surface area contributed by atoms with Crippen LogP contribution in [0, 0.1) is 0 Å². The Balaban J connectivity index is 1.58. The van der Waals surface area contributed by atoms with E-state index >= 15 is 0 Å². The molecule has 1 heterocycles. The fourth-order valence-corrected chi connectivity index (χ4v) is 4.39. The maximum atomic E-state index is 12.3. The number of hydrogen-bond acceptors (Lipinski definition) is 5. The summed E-state index contributed by atoms with van der Waals surface area (Å²) in [5, 5.41) is 4.83. The van der Waals surface area contributed by atoms with E-state index in [1.54, 1.807) is 23.5 Å². The lowest BCUT2D eigenvalue weighted by Gasteiger charge is -2.11. The number of thiophene rings is 1. The lowest BCUT2D eigenvalue weighted by Crippen LogP contribution is -2.27. The standard InChI is InChI=1S/C20H20N2O4S2/c1-26-15-8-10-16(11-9-15)28(24,25)21-13-12-20(23)22-18-6-3-2-5-17(18)19-7-4-14-27-19/h2-11,14,21H,12-13H2,1H3,(H,22,23). The third kappa shape index (κ3) is 4.98. The fourth-order valence-electron chi connectivity index (χ4n) is 2.59. The van der Waals surface area contributed by atoms with Crippen LogP contribution in [-0.4, -0.2) is 28.0 Å². The summed E-state index contributed by atoms with van der Waals surface area (Å²) in [6.45, 7) is 0.00135. The lowest BCUT2D eigenvalue weighted by atomic mass is 10.1. The molecule has 8 heteroatoms. The number of para-hydroxylation sites is 1. The number of carbonyl (C=O) groups is 1. The van der Waals surface area contributed by atoms with E-state index in [0.29, 0.717) is 11.4 Å². The van der Waals surface area contributed by atoms with Gasteiger partial charge in [-0.3, -0.25) is 4.79 Å². The van der Waals surface area contributed by atoms with Gasteiger partial charge in [-0.1, -0.05) is 24.3 Å². The van der Waals surface area contributed by atoms with Crippen LogP contribution < -0.4 is 14.8 Å². The highest BCUT2D eigenvalue weighted by molar-refractivity contribution is 7.89. The first-order valence-electron chi connectivity index (χ1n) is 8.56.